The summed E-state index contributed by atoms with van der Waals surface area (Å²) in [5, 5.41) is 4.47. The number of rotatable bonds is 4. The smallest absolute Gasteiger partial charge is 0.284 e. The van der Waals surface area contributed by atoms with Gasteiger partial charge in [0.2, 0.25) is 5.95 Å². The van der Waals surface area contributed by atoms with Crippen LogP contribution in [0.2, 0.25) is 0 Å². The van der Waals surface area contributed by atoms with Crippen molar-refractivity contribution in [3.05, 3.63) is 89.0 Å². The van der Waals surface area contributed by atoms with Gasteiger partial charge in [-0.05, 0) is 62.0 Å². The van der Waals surface area contributed by atoms with Crippen LogP contribution >= 0.6 is 0 Å². The number of piperazine rings is 1. The molecule has 0 unspecified atom stereocenters. The second-order valence-electron chi connectivity index (χ2n) is 9.92. The lowest BCUT2D eigenvalue weighted by atomic mass is 10.1. The molecule has 194 valence electrons. The summed E-state index contributed by atoms with van der Waals surface area (Å²) in [4.78, 5) is 36.9. The number of likely N-dealkylation sites (N-methyl/N-ethyl adjacent to an activating group) is 1. The van der Waals surface area contributed by atoms with Crippen molar-refractivity contribution < 1.29 is 0 Å². The van der Waals surface area contributed by atoms with Crippen LogP contribution in [-0.4, -0.2) is 67.3 Å². The van der Waals surface area contributed by atoms with Crippen LogP contribution < -0.4 is 15.8 Å². The first kappa shape index (κ1) is 23.3. The van der Waals surface area contributed by atoms with Gasteiger partial charge in [0.25, 0.3) is 5.56 Å². The molecule has 0 spiro atoms. The lowest BCUT2D eigenvalue weighted by Gasteiger charge is -2.35. The third-order valence-corrected chi connectivity index (χ3v) is 7.34. The van der Waals surface area contributed by atoms with Crippen molar-refractivity contribution >= 4 is 44.9 Å². The number of anilines is 3. The molecule has 1 fully saturated rings. The van der Waals surface area contributed by atoms with Gasteiger partial charge < -0.3 is 15.1 Å². The zero-order valence-corrected chi connectivity index (χ0v) is 21.7. The number of hydrogen-bond donors (Lipinski definition) is 1. The number of aromatic nitrogens is 6. The van der Waals surface area contributed by atoms with Crippen LogP contribution in [0.25, 0.3) is 33.4 Å². The number of fused-ring (bicyclic) bond motifs is 4. The molecule has 7 rings (SSSR count). The van der Waals surface area contributed by atoms with Crippen LogP contribution in [0.5, 0.6) is 0 Å². The highest BCUT2D eigenvalue weighted by Crippen LogP contribution is 2.27. The molecule has 1 aliphatic rings. The fourth-order valence-corrected chi connectivity index (χ4v) is 5.31. The summed E-state index contributed by atoms with van der Waals surface area (Å²) >= 11 is 0. The Morgan fingerprint density at radius 2 is 1.69 bits per heavy atom. The Kier molecular flexibility index (Phi) is 5.48. The number of hydrogen-bond acceptors (Lipinski definition) is 8. The highest BCUT2D eigenvalue weighted by Gasteiger charge is 2.19. The van der Waals surface area contributed by atoms with E-state index in [9.17, 15) is 4.79 Å². The lowest BCUT2D eigenvalue weighted by Crippen LogP contribution is -2.44. The van der Waals surface area contributed by atoms with Crippen LogP contribution in [-0.2, 0) is 0 Å². The Bertz CT molecular complexity index is 1900. The van der Waals surface area contributed by atoms with E-state index in [1.165, 1.54) is 11.3 Å². The van der Waals surface area contributed by atoms with Crippen molar-refractivity contribution in [1.82, 2.24) is 34.0 Å². The van der Waals surface area contributed by atoms with Crippen LogP contribution in [0.4, 0.5) is 17.3 Å². The topological polar surface area (TPSA) is 96.5 Å². The SMILES string of the molecule is Cc1cc(Nc2ncc3c(=O)n4c(nc3n2)c2ccccc2n4-c2ccccn2)ccc1N1CCN(C)CC1. The molecular formula is C29H27N9O. The van der Waals surface area contributed by atoms with Crippen LogP contribution in [0.1, 0.15) is 5.56 Å². The molecule has 10 heteroatoms. The summed E-state index contributed by atoms with van der Waals surface area (Å²) in [6, 6.07) is 19.7. The van der Waals surface area contributed by atoms with E-state index in [1.54, 1.807) is 21.6 Å². The minimum atomic E-state index is -0.254. The summed E-state index contributed by atoms with van der Waals surface area (Å²) < 4.78 is 3.34. The second-order valence-corrected chi connectivity index (χ2v) is 9.92. The summed E-state index contributed by atoms with van der Waals surface area (Å²) in [7, 11) is 2.16. The van der Waals surface area contributed by atoms with E-state index in [0.717, 1.165) is 42.8 Å². The average Bonchev–Trinajstić information content (AvgIpc) is 3.29. The molecule has 0 radical (unpaired) electrons. The zero-order valence-electron chi connectivity index (χ0n) is 21.7. The predicted octanol–water partition coefficient (Wildman–Crippen LogP) is 3.78. The first-order chi connectivity index (χ1) is 19.1. The van der Waals surface area contributed by atoms with Gasteiger partial charge in [-0.3, -0.25) is 4.79 Å². The monoisotopic (exact) mass is 517 g/mol. The van der Waals surface area contributed by atoms with Crippen molar-refractivity contribution in [2.45, 2.75) is 6.92 Å². The highest BCUT2D eigenvalue weighted by atomic mass is 16.1. The minimum absolute atomic E-state index is 0.254. The molecule has 0 amide bonds. The fraction of sp³-hybridized carbons (Fsp3) is 0.207. The van der Waals surface area contributed by atoms with Gasteiger partial charge in [-0.25, -0.2) is 19.6 Å². The van der Waals surface area contributed by atoms with Gasteiger partial charge in [-0.2, -0.15) is 9.50 Å². The molecule has 4 aromatic heterocycles. The number of nitrogens with zero attached hydrogens (tertiary/aromatic N) is 8. The minimum Gasteiger partial charge on any atom is -0.369 e. The molecule has 1 N–H and O–H groups in total. The third-order valence-electron chi connectivity index (χ3n) is 7.34. The number of benzene rings is 2. The maximum atomic E-state index is 13.7. The molecule has 1 aliphatic heterocycles. The van der Waals surface area contributed by atoms with Crippen molar-refractivity contribution in [2.24, 2.45) is 0 Å². The summed E-state index contributed by atoms with van der Waals surface area (Å²) in [5.74, 6) is 1.01. The molecule has 0 saturated carbocycles. The van der Waals surface area contributed by atoms with E-state index in [-0.39, 0.29) is 5.56 Å². The molecule has 2 aromatic carbocycles. The van der Waals surface area contributed by atoms with Gasteiger partial charge in [0.1, 0.15) is 5.39 Å². The molecule has 10 nitrogen and oxygen atoms in total. The maximum absolute atomic E-state index is 13.7. The summed E-state index contributed by atoms with van der Waals surface area (Å²) in [6.45, 7) is 6.28. The molecule has 0 aliphatic carbocycles. The van der Waals surface area contributed by atoms with Gasteiger partial charge in [0, 0.05) is 55.3 Å². The van der Waals surface area contributed by atoms with Crippen molar-refractivity contribution in [3.8, 4) is 5.82 Å². The van der Waals surface area contributed by atoms with Gasteiger partial charge in [-0.1, -0.05) is 18.2 Å². The molecule has 5 heterocycles. The molecule has 1 saturated heterocycles. The number of para-hydroxylation sites is 1. The van der Waals surface area contributed by atoms with Gasteiger partial charge in [0.15, 0.2) is 17.1 Å². The Morgan fingerprint density at radius 1 is 0.872 bits per heavy atom. The molecule has 0 bridgehead atoms. The summed E-state index contributed by atoms with van der Waals surface area (Å²) in [6.07, 6.45) is 3.24. The van der Waals surface area contributed by atoms with E-state index in [0.29, 0.717) is 28.4 Å². The van der Waals surface area contributed by atoms with E-state index in [4.69, 9.17) is 4.98 Å². The van der Waals surface area contributed by atoms with E-state index >= 15 is 0 Å². The predicted molar refractivity (Wildman–Crippen MR) is 153 cm³/mol. The zero-order chi connectivity index (χ0) is 26.5. The van der Waals surface area contributed by atoms with Crippen molar-refractivity contribution in [2.75, 3.05) is 43.4 Å². The fourth-order valence-electron chi connectivity index (χ4n) is 5.31. The van der Waals surface area contributed by atoms with Gasteiger partial charge >= 0.3 is 0 Å². The third kappa shape index (κ3) is 3.96. The first-order valence-electron chi connectivity index (χ1n) is 13.0. The second kappa shape index (κ2) is 9.17. The first-order valence-corrected chi connectivity index (χ1v) is 13.0. The number of nitrogens with one attached hydrogen (secondary N) is 1. The quantitative estimate of drug-likeness (QED) is 0.378. The van der Waals surface area contributed by atoms with E-state index in [1.807, 2.05) is 48.5 Å². The van der Waals surface area contributed by atoms with Gasteiger partial charge in [0.05, 0.1) is 5.52 Å². The van der Waals surface area contributed by atoms with E-state index in [2.05, 4.69) is 56.2 Å². The molecule has 0 atom stereocenters. The Morgan fingerprint density at radius 3 is 2.49 bits per heavy atom. The standard InChI is InChI=1S/C29H27N9O/c1-19-17-20(10-11-23(19)36-15-13-35(2)14-16-36)32-29-31-18-22-26(34-29)33-27-21-7-3-4-8-24(21)37(38(27)28(22)39)25-9-5-6-12-30-25/h3-12,17-18H,13-16H2,1-2H3,(H,31,32,34). The summed E-state index contributed by atoms with van der Waals surface area (Å²) in [5.41, 5.74) is 4.75. The van der Waals surface area contributed by atoms with Gasteiger partial charge in [-0.15, -0.1) is 0 Å². The Labute approximate surface area is 224 Å². The number of pyridine rings is 1. The molecule has 39 heavy (non-hydrogen) atoms. The van der Waals surface area contributed by atoms with E-state index < -0.39 is 0 Å². The Hall–Kier alpha value is -4.83. The lowest BCUT2D eigenvalue weighted by molar-refractivity contribution is 0.312. The molecule has 6 aromatic rings. The molecular weight excluding hydrogens is 490 g/mol. The van der Waals surface area contributed by atoms with Crippen molar-refractivity contribution in [1.29, 1.82) is 0 Å². The number of aryl methyl sites for hydroxylation is 1. The Balaban J connectivity index is 1.29. The largest absolute Gasteiger partial charge is 0.369 e. The van der Waals surface area contributed by atoms with Crippen LogP contribution in [0.3, 0.4) is 0 Å². The van der Waals surface area contributed by atoms with Crippen LogP contribution in [0, 0.1) is 6.92 Å². The average molecular weight is 518 g/mol. The maximum Gasteiger partial charge on any atom is 0.284 e. The van der Waals surface area contributed by atoms with Crippen LogP contribution in [0.15, 0.2) is 77.9 Å². The van der Waals surface area contributed by atoms with Crippen molar-refractivity contribution in [3.63, 3.8) is 0 Å². The highest BCUT2D eigenvalue weighted by molar-refractivity contribution is 5.95. The normalized spacial score (nSPS) is 14.5.